The van der Waals surface area contributed by atoms with E-state index in [1.54, 1.807) is 40.1 Å². The van der Waals surface area contributed by atoms with E-state index in [-0.39, 0.29) is 42.5 Å². The van der Waals surface area contributed by atoms with Crippen LogP contribution in [-0.4, -0.2) is 40.7 Å². The predicted molar refractivity (Wildman–Crippen MR) is 129 cm³/mol. The zero-order valence-electron chi connectivity index (χ0n) is 19.8. The molecule has 2 aliphatic heterocycles. The van der Waals surface area contributed by atoms with Crippen molar-refractivity contribution in [3.63, 3.8) is 0 Å². The number of nitrogens with one attached hydrogen (secondary N) is 2. The van der Waals surface area contributed by atoms with Crippen LogP contribution in [0, 0.1) is 5.92 Å². The van der Waals surface area contributed by atoms with Gasteiger partial charge in [0.05, 0.1) is 11.3 Å². The van der Waals surface area contributed by atoms with Crippen LogP contribution in [0.1, 0.15) is 56.0 Å². The average Bonchev–Trinajstić information content (AvgIpc) is 3.13. The van der Waals surface area contributed by atoms with Gasteiger partial charge in [0, 0.05) is 37.5 Å². The van der Waals surface area contributed by atoms with E-state index in [1.807, 2.05) is 39.0 Å². The molecule has 0 spiro atoms. The minimum absolute atomic E-state index is 0.00932. The molecule has 4 rings (SSSR count). The van der Waals surface area contributed by atoms with Crippen LogP contribution >= 0.6 is 0 Å². The predicted octanol–water partition coefficient (Wildman–Crippen LogP) is 3.29. The summed E-state index contributed by atoms with van der Waals surface area (Å²) in [5, 5.41) is 5.72. The molecular formula is C26H30N4O4. The minimum Gasteiger partial charge on any atom is -0.352 e. The number of nitrogens with zero attached hydrogens (tertiary/aromatic N) is 2. The van der Waals surface area contributed by atoms with Gasteiger partial charge < -0.3 is 15.5 Å². The second-order valence-electron chi connectivity index (χ2n) is 9.29. The van der Waals surface area contributed by atoms with Gasteiger partial charge >= 0.3 is 0 Å². The molecule has 1 atom stereocenters. The molecule has 8 nitrogen and oxygen atoms in total. The van der Waals surface area contributed by atoms with Gasteiger partial charge in [-0.3, -0.25) is 24.1 Å². The fourth-order valence-corrected chi connectivity index (χ4v) is 4.54. The zero-order valence-corrected chi connectivity index (χ0v) is 19.8. The molecule has 178 valence electrons. The summed E-state index contributed by atoms with van der Waals surface area (Å²) < 4.78 is 0. The number of rotatable bonds is 7. The highest BCUT2D eigenvalue weighted by Gasteiger charge is 2.52. The van der Waals surface area contributed by atoms with E-state index in [9.17, 15) is 19.2 Å². The second-order valence-corrected chi connectivity index (χ2v) is 9.29. The Morgan fingerprint density at radius 3 is 2.47 bits per heavy atom. The molecule has 1 unspecified atom stereocenters. The van der Waals surface area contributed by atoms with Gasteiger partial charge in [0.1, 0.15) is 5.66 Å². The van der Waals surface area contributed by atoms with Gasteiger partial charge in [-0.15, -0.1) is 0 Å². The Morgan fingerprint density at radius 2 is 1.76 bits per heavy atom. The number of fused-ring (bicyclic) bond motifs is 3. The molecule has 1 fully saturated rings. The summed E-state index contributed by atoms with van der Waals surface area (Å²) >= 11 is 0. The molecule has 2 aromatic rings. The van der Waals surface area contributed by atoms with Crippen LogP contribution in [0.3, 0.4) is 0 Å². The van der Waals surface area contributed by atoms with Crippen LogP contribution in [0.25, 0.3) is 0 Å². The van der Waals surface area contributed by atoms with Gasteiger partial charge in [-0.25, -0.2) is 0 Å². The van der Waals surface area contributed by atoms with Crippen molar-refractivity contribution in [1.29, 1.82) is 0 Å². The molecule has 0 saturated carbocycles. The van der Waals surface area contributed by atoms with Crippen molar-refractivity contribution in [3.05, 3.63) is 59.7 Å². The molecule has 2 N–H and O–H groups in total. The van der Waals surface area contributed by atoms with E-state index in [2.05, 4.69) is 10.6 Å². The molecule has 2 heterocycles. The van der Waals surface area contributed by atoms with E-state index in [4.69, 9.17) is 0 Å². The fourth-order valence-electron chi connectivity index (χ4n) is 4.54. The molecule has 0 radical (unpaired) electrons. The summed E-state index contributed by atoms with van der Waals surface area (Å²) in [4.78, 5) is 53.6. The first-order valence-corrected chi connectivity index (χ1v) is 11.6. The van der Waals surface area contributed by atoms with Crippen LogP contribution in [-0.2, 0) is 20.9 Å². The van der Waals surface area contributed by atoms with Crippen molar-refractivity contribution >= 4 is 35.0 Å². The number of amides is 4. The Labute approximate surface area is 199 Å². The molecule has 0 aliphatic carbocycles. The molecule has 4 amide bonds. The van der Waals surface area contributed by atoms with E-state index < -0.39 is 5.66 Å². The van der Waals surface area contributed by atoms with Crippen molar-refractivity contribution in [2.24, 2.45) is 5.92 Å². The fraction of sp³-hybridized carbons (Fsp3) is 0.385. The van der Waals surface area contributed by atoms with Gasteiger partial charge in [-0.2, -0.15) is 0 Å². The molecular weight excluding hydrogens is 432 g/mol. The second kappa shape index (κ2) is 9.29. The highest BCUT2D eigenvalue weighted by molar-refractivity contribution is 6.10. The van der Waals surface area contributed by atoms with Gasteiger partial charge in [-0.05, 0) is 43.2 Å². The van der Waals surface area contributed by atoms with Crippen molar-refractivity contribution in [2.45, 2.75) is 52.2 Å². The maximum atomic E-state index is 13.2. The summed E-state index contributed by atoms with van der Waals surface area (Å²) in [6.45, 7) is 6.12. The Bertz CT molecular complexity index is 1130. The van der Waals surface area contributed by atoms with Gasteiger partial charge in [0.15, 0.2) is 0 Å². The van der Waals surface area contributed by atoms with E-state index in [1.165, 1.54) is 0 Å². The van der Waals surface area contributed by atoms with Gasteiger partial charge in [-0.1, -0.05) is 38.1 Å². The summed E-state index contributed by atoms with van der Waals surface area (Å²) in [5.74, 6) is -0.493. The Balaban J connectivity index is 1.36. The van der Waals surface area contributed by atoms with E-state index in [0.29, 0.717) is 36.3 Å². The SMILES string of the molecule is CC(C)C(=O)Nc1ccc(CNC(=O)CCN2C(=O)c3ccccc3N3C(=O)CCC23C)cc1. The number of para-hydroxylation sites is 1. The highest BCUT2D eigenvalue weighted by atomic mass is 16.2. The lowest BCUT2D eigenvalue weighted by Crippen LogP contribution is -2.62. The Hall–Kier alpha value is -3.68. The number of carbonyl (C=O) groups excluding carboxylic acids is 4. The maximum Gasteiger partial charge on any atom is 0.257 e. The maximum absolute atomic E-state index is 13.2. The third-order valence-corrected chi connectivity index (χ3v) is 6.54. The molecule has 2 aromatic carbocycles. The van der Waals surface area contributed by atoms with Crippen molar-refractivity contribution in [1.82, 2.24) is 10.2 Å². The molecule has 0 bridgehead atoms. The quantitative estimate of drug-likeness (QED) is 0.660. The lowest BCUT2D eigenvalue weighted by Gasteiger charge is -2.48. The lowest BCUT2D eigenvalue weighted by molar-refractivity contribution is -0.121. The smallest absolute Gasteiger partial charge is 0.257 e. The third kappa shape index (κ3) is 4.40. The van der Waals surface area contributed by atoms with Crippen molar-refractivity contribution in [3.8, 4) is 0 Å². The minimum atomic E-state index is -0.765. The van der Waals surface area contributed by atoms with E-state index in [0.717, 1.165) is 5.56 Å². The molecule has 0 aromatic heterocycles. The summed E-state index contributed by atoms with van der Waals surface area (Å²) in [5.41, 5.74) is 1.98. The molecule has 34 heavy (non-hydrogen) atoms. The topological polar surface area (TPSA) is 98.8 Å². The third-order valence-electron chi connectivity index (χ3n) is 6.54. The molecule has 8 heteroatoms. The molecule has 2 aliphatic rings. The van der Waals surface area contributed by atoms with Gasteiger partial charge in [0.2, 0.25) is 17.7 Å². The standard InChI is InChI=1S/C26H30N4O4/c1-17(2)24(33)28-19-10-8-18(9-11-19)16-27-22(31)13-15-29-25(34)20-6-4-5-7-21(20)30-23(32)12-14-26(29,30)3/h4-11,17H,12-16H2,1-3H3,(H,27,31)(H,28,33). The largest absolute Gasteiger partial charge is 0.352 e. The number of benzene rings is 2. The highest BCUT2D eigenvalue weighted by Crippen LogP contribution is 2.43. The van der Waals surface area contributed by atoms with Crippen LogP contribution in [0.5, 0.6) is 0 Å². The Kier molecular flexibility index (Phi) is 6.41. The van der Waals surface area contributed by atoms with Crippen LogP contribution < -0.4 is 15.5 Å². The number of hydrogen-bond acceptors (Lipinski definition) is 4. The number of hydrogen-bond donors (Lipinski definition) is 2. The summed E-state index contributed by atoms with van der Waals surface area (Å²) in [6, 6.07) is 14.4. The van der Waals surface area contributed by atoms with Crippen LogP contribution in [0.4, 0.5) is 11.4 Å². The first kappa shape index (κ1) is 23.5. The van der Waals surface area contributed by atoms with Crippen molar-refractivity contribution < 1.29 is 19.2 Å². The first-order valence-electron chi connectivity index (χ1n) is 11.6. The van der Waals surface area contributed by atoms with E-state index >= 15 is 0 Å². The van der Waals surface area contributed by atoms with Crippen LogP contribution in [0.15, 0.2) is 48.5 Å². The normalized spacial score (nSPS) is 19.2. The first-order chi connectivity index (χ1) is 16.2. The zero-order chi connectivity index (χ0) is 24.5. The van der Waals surface area contributed by atoms with Crippen molar-refractivity contribution in [2.75, 3.05) is 16.8 Å². The van der Waals surface area contributed by atoms with Gasteiger partial charge in [0.25, 0.3) is 5.91 Å². The monoisotopic (exact) mass is 462 g/mol. The molecule has 1 saturated heterocycles. The Morgan fingerprint density at radius 1 is 1.06 bits per heavy atom. The summed E-state index contributed by atoms with van der Waals surface area (Å²) in [7, 11) is 0. The van der Waals surface area contributed by atoms with Crippen LogP contribution in [0.2, 0.25) is 0 Å². The average molecular weight is 463 g/mol. The number of anilines is 2. The number of carbonyl (C=O) groups is 4. The summed E-state index contributed by atoms with van der Waals surface area (Å²) in [6.07, 6.45) is 1.04. The lowest BCUT2D eigenvalue weighted by atomic mass is 9.98.